The molecule has 0 bridgehead atoms. The van der Waals surface area contributed by atoms with Gasteiger partial charge in [-0.05, 0) is 24.5 Å². The topological polar surface area (TPSA) is 60.2 Å². The van der Waals surface area contributed by atoms with Crippen LogP contribution in [0.3, 0.4) is 0 Å². The first-order valence-electron chi connectivity index (χ1n) is 6.40. The van der Waals surface area contributed by atoms with E-state index in [9.17, 15) is 14.9 Å². The van der Waals surface area contributed by atoms with Crippen LogP contribution < -0.4 is 0 Å². The molecule has 0 saturated carbocycles. The molecular formula is C15H17NO3. The maximum atomic E-state index is 11.3. The van der Waals surface area contributed by atoms with E-state index in [1.54, 1.807) is 6.92 Å². The number of rotatable bonds is 3. The number of aldehydes is 1. The molecule has 4 heteroatoms. The molecule has 0 unspecified atom stereocenters. The van der Waals surface area contributed by atoms with E-state index in [4.69, 9.17) is 0 Å². The van der Waals surface area contributed by atoms with E-state index in [0.29, 0.717) is 12.0 Å². The molecule has 0 fully saturated rings. The van der Waals surface area contributed by atoms with Crippen LogP contribution in [0, 0.1) is 23.0 Å². The lowest BCUT2D eigenvalue weighted by atomic mass is 9.75. The van der Waals surface area contributed by atoms with Crippen LogP contribution in [-0.4, -0.2) is 17.3 Å². The Morgan fingerprint density at radius 2 is 1.95 bits per heavy atom. The molecule has 0 amide bonds. The molecule has 0 N–H and O–H groups in total. The number of allylic oxidation sites excluding steroid dienone is 1. The largest absolute Gasteiger partial charge is 0.298 e. The fraction of sp³-hybridized carbons (Fsp3) is 0.400. The van der Waals surface area contributed by atoms with Crippen molar-refractivity contribution in [3.8, 4) is 0 Å². The molecule has 19 heavy (non-hydrogen) atoms. The average molecular weight is 259 g/mol. The molecule has 4 nitrogen and oxygen atoms in total. The zero-order valence-electron chi connectivity index (χ0n) is 11.1. The van der Waals surface area contributed by atoms with Crippen LogP contribution in [0.5, 0.6) is 0 Å². The zero-order chi connectivity index (χ0) is 14.0. The second-order valence-electron chi connectivity index (χ2n) is 5.14. The molecular weight excluding hydrogens is 242 g/mol. The summed E-state index contributed by atoms with van der Waals surface area (Å²) in [4.78, 5) is 22.0. The molecule has 0 aliphatic heterocycles. The van der Waals surface area contributed by atoms with Gasteiger partial charge in [-0.3, -0.25) is 14.9 Å². The highest BCUT2D eigenvalue weighted by molar-refractivity contribution is 5.74. The molecule has 0 aromatic heterocycles. The number of aryl methyl sites for hydroxylation is 1. The molecule has 0 spiro atoms. The Hall–Kier alpha value is -1.97. The summed E-state index contributed by atoms with van der Waals surface area (Å²) in [7, 11) is 0. The Kier molecular flexibility index (Phi) is 3.79. The predicted molar refractivity (Wildman–Crippen MR) is 72.6 cm³/mol. The summed E-state index contributed by atoms with van der Waals surface area (Å²) in [6.45, 7) is 3.75. The lowest BCUT2D eigenvalue weighted by Crippen LogP contribution is -2.37. The minimum Gasteiger partial charge on any atom is -0.298 e. The summed E-state index contributed by atoms with van der Waals surface area (Å²) in [5, 5.41) is 11.3. The third-order valence-electron chi connectivity index (χ3n) is 3.94. The van der Waals surface area contributed by atoms with E-state index in [2.05, 4.69) is 0 Å². The summed E-state index contributed by atoms with van der Waals surface area (Å²) in [6.07, 6.45) is 3.13. The van der Waals surface area contributed by atoms with Gasteiger partial charge in [-0.2, -0.15) is 0 Å². The smallest absolute Gasteiger partial charge is 0.226 e. The lowest BCUT2D eigenvalue weighted by Gasteiger charge is -2.29. The fourth-order valence-electron chi connectivity index (χ4n) is 2.77. The molecule has 100 valence electrons. The third kappa shape index (κ3) is 2.57. The van der Waals surface area contributed by atoms with Crippen LogP contribution in [0.4, 0.5) is 0 Å². The van der Waals surface area contributed by atoms with Gasteiger partial charge in [0.1, 0.15) is 6.29 Å². The van der Waals surface area contributed by atoms with Gasteiger partial charge in [0.05, 0.1) is 11.8 Å². The zero-order valence-corrected chi connectivity index (χ0v) is 11.1. The van der Waals surface area contributed by atoms with Crippen LogP contribution in [0.2, 0.25) is 0 Å². The van der Waals surface area contributed by atoms with Gasteiger partial charge in [0.25, 0.3) is 0 Å². The van der Waals surface area contributed by atoms with Gasteiger partial charge in [-0.15, -0.1) is 0 Å². The first-order chi connectivity index (χ1) is 9.04. The van der Waals surface area contributed by atoms with Crippen molar-refractivity contribution in [2.45, 2.75) is 32.2 Å². The normalized spacial score (nSPS) is 26.6. The van der Waals surface area contributed by atoms with Crippen molar-refractivity contribution >= 4 is 6.29 Å². The van der Waals surface area contributed by atoms with Gasteiger partial charge in [-0.1, -0.05) is 42.8 Å². The Bertz CT molecular complexity index is 519. The molecule has 2 rings (SSSR count). The second kappa shape index (κ2) is 5.34. The SMILES string of the molecule is Cc1ccc([C@@H]2CC=C(C=O)[C@@H](C)[C@@H]2[N+](=O)[O-])cc1. The monoisotopic (exact) mass is 259 g/mol. The maximum Gasteiger partial charge on any atom is 0.226 e. The van der Waals surface area contributed by atoms with Crippen molar-refractivity contribution in [2.24, 2.45) is 5.92 Å². The van der Waals surface area contributed by atoms with Crippen LogP contribution in [0.25, 0.3) is 0 Å². The van der Waals surface area contributed by atoms with Crippen LogP contribution in [-0.2, 0) is 4.79 Å². The van der Waals surface area contributed by atoms with E-state index in [1.807, 2.05) is 37.3 Å². The summed E-state index contributed by atoms with van der Waals surface area (Å²) in [5.41, 5.74) is 2.65. The summed E-state index contributed by atoms with van der Waals surface area (Å²) in [6, 6.07) is 7.10. The number of nitro groups is 1. The van der Waals surface area contributed by atoms with Gasteiger partial charge < -0.3 is 0 Å². The second-order valence-corrected chi connectivity index (χ2v) is 5.14. The van der Waals surface area contributed by atoms with Crippen LogP contribution in [0.1, 0.15) is 30.4 Å². The third-order valence-corrected chi connectivity index (χ3v) is 3.94. The average Bonchev–Trinajstić information content (AvgIpc) is 2.38. The highest BCUT2D eigenvalue weighted by Crippen LogP contribution is 2.37. The van der Waals surface area contributed by atoms with Crippen molar-refractivity contribution in [1.82, 2.24) is 0 Å². The van der Waals surface area contributed by atoms with E-state index >= 15 is 0 Å². The number of benzene rings is 1. The minimum absolute atomic E-state index is 0.158. The first kappa shape index (κ1) is 13.5. The van der Waals surface area contributed by atoms with Gasteiger partial charge in [-0.25, -0.2) is 0 Å². The van der Waals surface area contributed by atoms with Crippen molar-refractivity contribution in [3.63, 3.8) is 0 Å². The van der Waals surface area contributed by atoms with E-state index in [0.717, 1.165) is 17.4 Å². The number of hydrogen-bond acceptors (Lipinski definition) is 3. The van der Waals surface area contributed by atoms with Crippen molar-refractivity contribution < 1.29 is 9.72 Å². The molecule has 0 saturated heterocycles. The predicted octanol–water partition coefficient (Wildman–Crippen LogP) is 2.89. The van der Waals surface area contributed by atoms with E-state index in [1.165, 1.54) is 0 Å². The van der Waals surface area contributed by atoms with E-state index in [-0.39, 0.29) is 16.8 Å². The van der Waals surface area contributed by atoms with E-state index < -0.39 is 6.04 Å². The van der Waals surface area contributed by atoms with Gasteiger partial charge in [0.2, 0.25) is 6.04 Å². The number of hydrogen-bond donors (Lipinski definition) is 0. The van der Waals surface area contributed by atoms with Gasteiger partial charge >= 0.3 is 0 Å². The first-order valence-corrected chi connectivity index (χ1v) is 6.40. The number of nitrogens with zero attached hydrogens (tertiary/aromatic N) is 1. The summed E-state index contributed by atoms with van der Waals surface area (Å²) < 4.78 is 0. The highest BCUT2D eigenvalue weighted by Gasteiger charge is 2.41. The standard InChI is InChI=1S/C15H17NO3/c1-10-3-5-12(6-4-10)14-8-7-13(9-17)11(2)15(14)16(18)19/h3-7,9,11,14-15H,8H2,1-2H3/t11-,14+,15+/m1/s1. The van der Waals surface area contributed by atoms with Crippen LogP contribution in [0.15, 0.2) is 35.9 Å². The molecule has 1 aromatic carbocycles. The quantitative estimate of drug-likeness (QED) is 0.476. The molecule has 1 aliphatic carbocycles. The Balaban J connectivity index is 2.38. The summed E-state index contributed by atoms with van der Waals surface area (Å²) in [5.74, 6) is -0.498. The van der Waals surface area contributed by atoms with Gasteiger partial charge in [0, 0.05) is 4.92 Å². The van der Waals surface area contributed by atoms with Crippen molar-refractivity contribution in [3.05, 3.63) is 57.2 Å². The van der Waals surface area contributed by atoms with Gasteiger partial charge in [0.15, 0.2) is 0 Å². The molecule has 3 atom stereocenters. The Morgan fingerprint density at radius 3 is 2.47 bits per heavy atom. The molecule has 0 radical (unpaired) electrons. The summed E-state index contributed by atoms with van der Waals surface area (Å²) >= 11 is 0. The Labute approximate surface area is 112 Å². The maximum absolute atomic E-state index is 11.3. The Morgan fingerprint density at radius 1 is 1.32 bits per heavy atom. The fourth-order valence-corrected chi connectivity index (χ4v) is 2.77. The number of carbonyl (C=O) groups is 1. The molecule has 0 heterocycles. The lowest BCUT2D eigenvalue weighted by molar-refractivity contribution is -0.534. The van der Waals surface area contributed by atoms with Crippen LogP contribution >= 0.6 is 0 Å². The number of carbonyl (C=O) groups excluding carboxylic acids is 1. The van der Waals surface area contributed by atoms with Crippen molar-refractivity contribution in [1.29, 1.82) is 0 Å². The highest BCUT2D eigenvalue weighted by atomic mass is 16.6. The minimum atomic E-state index is -0.729. The molecule has 1 aromatic rings. The molecule has 1 aliphatic rings. The van der Waals surface area contributed by atoms with Crippen molar-refractivity contribution in [2.75, 3.05) is 0 Å².